The second kappa shape index (κ2) is 7.02. The summed E-state index contributed by atoms with van der Waals surface area (Å²) < 4.78 is 13.2. The summed E-state index contributed by atoms with van der Waals surface area (Å²) in [5, 5.41) is 14.5. The maximum absolute atomic E-state index is 13.2. The van der Waals surface area contributed by atoms with Gasteiger partial charge in [-0.05, 0) is 29.8 Å². The van der Waals surface area contributed by atoms with Gasteiger partial charge in [0.15, 0.2) is 5.82 Å². The first-order valence-electron chi connectivity index (χ1n) is 6.90. The van der Waals surface area contributed by atoms with Crippen molar-refractivity contribution in [2.45, 2.75) is 6.54 Å². The van der Waals surface area contributed by atoms with Crippen molar-refractivity contribution in [3.63, 3.8) is 0 Å². The third kappa shape index (κ3) is 4.14. The number of halogens is 2. The Kier molecular flexibility index (Phi) is 4.63. The van der Waals surface area contributed by atoms with Gasteiger partial charge in [-0.15, -0.1) is 5.10 Å². The predicted molar refractivity (Wildman–Crippen MR) is 88.3 cm³/mol. The molecule has 0 saturated heterocycles. The maximum atomic E-state index is 13.2. The van der Waals surface area contributed by atoms with Gasteiger partial charge in [0.1, 0.15) is 5.82 Å². The van der Waals surface area contributed by atoms with Gasteiger partial charge in [-0.3, -0.25) is 0 Å². The Hall–Kier alpha value is -2.73. The molecule has 7 heteroatoms. The van der Waals surface area contributed by atoms with Crippen molar-refractivity contribution in [1.82, 2.24) is 15.2 Å². The van der Waals surface area contributed by atoms with Crippen LogP contribution in [-0.4, -0.2) is 15.2 Å². The van der Waals surface area contributed by atoms with E-state index in [1.165, 1.54) is 18.3 Å². The van der Waals surface area contributed by atoms with E-state index >= 15 is 0 Å². The molecule has 2 N–H and O–H groups in total. The summed E-state index contributed by atoms with van der Waals surface area (Å²) in [4.78, 5) is 4.28. The average Bonchev–Trinajstić information content (AvgIpc) is 2.54. The van der Waals surface area contributed by atoms with Crippen LogP contribution < -0.4 is 10.6 Å². The Labute approximate surface area is 137 Å². The average molecular weight is 330 g/mol. The number of anilines is 3. The molecular weight excluding hydrogens is 317 g/mol. The second-order valence-electron chi connectivity index (χ2n) is 4.75. The van der Waals surface area contributed by atoms with E-state index in [1.54, 1.807) is 12.1 Å². The Morgan fingerprint density at radius 3 is 2.78 bits per heavy atom. The Morgan fingerprint density at radius 1 is 1.09 bits per heavy atom. The van der Waals surface area contributed by atoms with E-state index in [4.69, 9.17) is 11.6 Å². The lowest BCUT2D eigenvalue weighted by Gasteiger charge is -2.08. The highest BCUT2D eigenvalue weighted by Gasteiger charge is 2.04. The number of hydrogen-bond donors (Lipinski definition) is 2. The number of hydrogen-bond acceptors (Lipinski definition) is 5. The molecule has 0 aliphatic rings. The molecule has 0 atom stereocenters. The van der Waals surface area contributed by atoms with Crippen LogP contribution in [0.15, 0.2) is 54.7 Å². The van der Waals surface area contributed by atoms with Crippen molar-refractivity contribution in [3.05, 3.63) is 71.1 Å². The zero-order chi connectivity index (χ0) is 16.1. The quantitative estimate of drug-likeness (QED) is 0.740. The van der Waals surface area contributed by atoms with Crippen LogP contribution in [-0.2, 0) is 6.54 Å². The third-order valence-corrected chi connectivity index (χ3v) is 3.42. The number of rotatable bonds is 5. The molecule has 0 radical (unpaired) electrons. The predicted octanol–water partition coefficient (Wildman–Crippen LogP) is 4.02. The normalized spacial score (nSPS) is 10.3. The number of nitrogens with zero attached hydrogens (tertiary/aromatic N) is 3. The highest BCUT2D eigenvalue weighted by molar-refractivity contribution is 6.31. The fraction of sp³-hybridized carbons (Fsp3) is 0.0625. The zero-order valence-electron chi connectivity index (χ0n) is 12.0. The van der Waals surface area contributed by atoms with Crippen LogP contribution in [0.3, 0.4) is 0 Å². The summed E-state index contributed by atoms with van der Waals surface area (Å²) in [6.45, 7) is 0.477. The summed E-state index contributed by atoms with van der Waals surface area (Å²) in [6.07, 6.45) is 1.46. The van der Waals surface area contributed by atoms with Gasteiger partial charge in [0, 0.05) is 17.3 Å². The molecule has 23 heavy (non-hydrogen) atoms. The maximum Gasteiger partial charge on any atom is 0.244 e. The molecule has 5 nitrogen and oxygen atoms in total. The Bertz CT molecular complexity index is 812. The SMILES string of the molecule is Fc1cccc(Nc2cnnc(NCc3ccccc3Cl)n2)c1. The van der Waals surface area contributed by atoms with Crippen LogP contribution in [0.5, 0.6) is 0 Å². The van der Waals surface area contributed by atoms with Gasteiger partial charge in [-0.2, -0.15) is 10.1 Å². The van der Waals surface area contributed by atoms with E-state index in [0.717, 1.165) is 5.56 Å². The van der Waals surface area contributed by atoms with Crippen molar-refractivity contribution in [2.75, 3.05) is 10.6 Å². The summed E-state index contributed by atoms with van der Waals surface area (Å²) in [5.41, 5.74) is 1.52. The summed E-state index contributed by atoms with van der Waals surface area (Å²) in [7, 11) is 0. The van der Waals surface area contributed by atoms with Gasteiger partial charge in [0.05, 0.1) is 6.20 Å². The van der Waals surface area contributed by atoms with E-state index in [0.29, 0.717) is 29.0 Å². The topological polar surface area (TPSA) is 62.7 Å². The molecule has 0 saturated carbocycles. The minimum atomic E-state index is -0.325. The molecule has 0 spiro atoms. The third-order valence-electron chi connectivity index (χ3n) is 3.05. The first kappa shape index (κ1) is 15.2. The monoisotopic (exact) mass is 329 g/mol. The zero-order valence-corrected chi connectivity index (χ0v) is 12.8. The first-order valence-corrected chi connectivity index (χ1v) is 7.28. The Morgan fingerprint density at radius 2 is 1.96 bits per heavy atom. The molecule has 0 fully saturated rings. The smallest absolute Gasteiger partial charge is 0.244 e. The molecule has 0 aliphatic carbocycles. The lowest BCUT2D eigenvalue weighted by molar-refractivity contribution is 0.628. The van der Waals surface area contributed by atoms with Gasteiger partial charge in [0.2, 0.25) is 5.95 Å². The van der Waals surface area contributed by atoms with Crippen LogP contribution in [0, 0.1) is 5.82 Å². The lowest BCUT2D eigenvalue weighted by Crippen LogP contribution is -2.06. The standard InChI is InChI=1S/C16H13ClFN5/c17-14-7-2-1-4-11(14)9-19-16-22-15(10-20-23-16)21-13-6-3-5-12(18)8-13/h1-8,10H,9H2,(H2,19,21,22,23). The molecule has 3 aromatic rings. The molecule has 0 amide bonds. The highest BCUT2D eigenvalue weighted by Crippen LogP contribution is 2.17. The second-order valence-corrected chi connectivity index (χ2v) is 5.15. The molecule has 2 aromatic carbocycles. The van der Waals surface area contributed by atoms with Gasteiger partial charge in [0.25, 0.3) is 0 Å². The highest BCUT2D eigenvalue weighted by atomic mass is 35.5. The van der Waals surface area contributed by atoms with Gasteiger partial charge >= 0.3 is 0 Å². The molecule has 0 bridgehead atoms. The van der Waals surface area contributed by atoms with Crippen molar-refractivity contribution >= 4 is 29.1 Å². The van der Waals surface area contributed by atoms with Crippen LogP contribution >= 0.6 is 11.6 Å². The van der Waals surface area contributed by atoms with E-state index in [-0.39, 0.29) is 5.82 Å². The van der Waals surface area contributed by atoms with Crippen molar-refractivity contribution in [1.29, 1.82) is 0 Å². The summed E-state index contributed by atoms with van der Waals surface area (Å²) in [6, 6.07) is 13.6. The molecular formula is C16H13ClFN5. The van der Waals surface area contributed by atoms with Gasteiger partial charge in [-0.25, -0.2) is 4.39 Å². The number of aromatic nitrogens is 3. The summed E-state index contributed by atoms with van der Waals surface area (Å²) >= 11 is 6.10. The molecule has 1 aromatic heterocycles. The number of benzene rings is 2. The van der Waals surface area contributed by atoms with E-state index in [9.17, 15) is 4.39 Å². The van der Waals surface area contributed by atoms with Crippen LogP contribution in [0.2, 0.25) is 5.02 Å². The fourth-order valence-electron chi connectivity index (χ4n) is 1.97. The van der Waals surface area contributed by atoms with E-state index < -0.39 is 0 Å². The van der Waals surface area contributed by atoms with Crippen molar-refractivity contribution in [3.8, 4) is 0 Å². The van der Waals surface area contributed by atoms with Crippen molar-refractivity contribution in [2.24, 2.45) is 0 Å². The van der Waals surface area contributed by atoms with Gasteiger partial charge < -0.3 is 10.6 Å². The number of nitrogens with one attached hydrogen (secondary N) is 2. The van der Waals surface area contributed by atoms with Gasteiger partial charge in [-0.1, -0.05) is 35.9 Å². The minimum absolute atomic E-state index is 0.325. The van der Waals surface area contributed by atoms with Crippen molar-refractivity contribution < 1.29 is 4.39 Å². The first-order chi connectivity index (χ1) is 11.2. The van der Waals surface area contributed by atoms with E-state index in [2.05, 4.69) is 25.8 Å². The van der Waals surface area contributed by atoms with Crippen LogP contribution in [0.4, 0.5) is 21.8 Å². The fourth-order valence-corrected chi connectivity index (χ4v) is 2.17. The largest absolute Gasteiger partial charge is 0.349 e. The van der Waals surface area contributed by atoms with Crippen LogP contribution in [0.1, 0.15) is 5.56 Å². The molecule has 116 valence electrons. The van der Waals surface area contributed by atoms with Crippen LogP contribution in [0.25, 0.3) is 0 Å². The molecule has 1 heterocycles. The molecule has 0 aliphatic heterocycles. The minimum Gasteiger partial charge on any atom is -0.349 e. The molecule has 3 rings (SSSR count). The van der Waals surface area contributed by atoms with E-state index in [1.807, 2.05) is 24.3 Å². The summed E-state index contributed by atoms with van der Waals surface area (Å²) in [5.74, 6) is 0.493. The molecule has 0 unspecified atom stereocenters. The lowest BCUT2D eigenvalue weighted by atomic mass is 10.2. The Balaban J connectivity index is 1.69.